The Morgan fingerprint density at radius 2 is 1.89 bits per heavy atom. The number of primary amides is 1. The van der Waals surface area contributed by atoms with Gasteiger partial charge in [-0.2, -0.15) is 0 Å². The fourth-order valence-electron chi connectivity index (χ4n) is 2.41. The number of halogens is 1. The molecule has 27 heavy (non-hydrogen) atoms. The Balaban J connectivity index is 2.46. The first-order valence-electron chi connectivity index (χ1n) is 7.60. The van der Waals surface area contributed by atoms with Crippen LogP contribution in [0.4, 0.5) is 5.69 Å². The lowest BCUT2D eigenvalue weighted by Gasteiger charge is -2.16. The van der Waals surface area contributed by atoms with Crippen LogP contribution in [-0.4, -0.2) is 32.0 Å². The van der Waals surface area contributed by atoms with E-state index in [0.29, 0.717) is 5.56 Å². The van der Waals surface area contributed by atoms with Gasteiger partial charge in [0, 0.05) is 11.1 Å². The van der Waals surface area contributed by atoms with Crippen molar-refractivity contribution < 1.29 is 27.9 Å². The Morgan fingerprint density at radius 3 is 2.48 bits per heavy atom. The quantitative estimate of drug-likeness (QED) is 0.638. The van der Waals surface area contributed by atoms with Gasteiger partial charge in [-0.05, 0) is 43.7 Å². The Morgan fingerprint density at radius 1 is 1.22 bits per heavy atom. The van der Waals surface area contributed by atoms with Crippen LogP contribution in [-0.2, 0) is 14.8 Å². The van der Waals surface area contributed by atoms with Crippen LogP contribution in [0.2, 0.25) is 5.02 Å². The Hall–Kier alpha value is -2.78. The fourth-order valence-corrected chi connectivity index (χ4v) is 3.94. The van der Waals surface area contributed by atoms with Gasteiger partial charge in [-0.25, -0.2) is 13.2 Å². The summed E-state index contributed by atoms with van der Waals surface area (Å²) in [6, 6.07) is 6.82. The number of nitrogens with two attached hydrogens (primary N) is 1. The maximum Gasteiger partial charge on any atom is 0.341 e. The van der Waals surface area contributed by atoms with Crippen LogP contribution in [0.5, 0.6) is 5.75 Å². The third-order valence-corrected chi connectivity index (χ3v) is 5.52. The van der Waals surface area contributed by atoms with Crippen molar-refractivity contribution in [2.45, 2.75) is 18.7 Å². The maximum atomic E-state index is 12.8. The van der Waals surface area contributed by atoms with Crippen molar-refractivity contribution in [1.29, 1.82) is 0 Å². The van der Waals surface area contributed by atoms with E-state index in [1.54, 1.807) is 6.92 Å². The van der Waals surface area contributed by atoms with Gasteiger partial charge in [-0.3, -0.25) is 9.52 Å². The number of nitrogens with one attached hydrogen (secondary N) is 1. The van der Waals surface area contributed by atoms with E-state index < -0.39 is 28.5 Å². The van der Waals surface area contributed by atoms with E-state index in [1.807, 2.05) is 0 Å². The highest BCUT2D eigenvalue weighted by Gasteiger charge is 2.22. The highest BCUT2D eigenvalue weighted by Crippen LogP contribution is 2.32. The molecule has 0 saturated carbocycles. The summed E-state index contributed by atoms with van der Waals surface area (Å²) < 4.78 is 33.1. The van der Waals surface area contributed by atoms with E-state index >= 15 is 0 Å². The number of sulfonamides is 1. The molecule has 0 saturated heterocycles. The standard InChI is InChI=1S/C17H17ClN2O6S/c1-9-3-6-14(10(2)16(9)26-8-15(21)22)27(24,25)20-13-7-11(17(19)23)4-5-12(13)18/h3-7,20H,8H2,1-2H3,(H2,19,23)(H,21,22). The number of carbonyl (C=O) groups is 2. The van der Waals surface area contributed by atoms with E-state index in [-0.39, 0.29) is 32.5 Å². The minimum absolute atomic E-state index is 0.0130. The van der Waals surface area contributed by atoms with Crippen molar-refractivity contribution in [2.24, 2.45) is 5.73 Å². The molecule has 8 nitrogen and oxygen atoms in total. The molecule has 0 radical (unpaired) electrons. The summed E-state index contributed by atoms with van der Waals surface area (Å²) >= 11 is 6.01. The van der Waals surface area contributed by atoms with E-state index in [4.69, 9.17) is 27.2 Å². The van der Waals surface area contributed by atoms with Crippen molar-refractivity contribution in [3.63, 3.8) is 0 Å². The second-order valence-electron chi connectivity index (χ2n) is 5.68. The smallest absolute Gasteiger partial charge is 0.341 e. The van der Waals surface area contributed by atoms with Crippen molar-refractivity contribution in [1.82, 2.24) is 0 Å². The number of carboxylic acids is 1. The minimum atomic E-state index is -4.10. The first kappa shape index (κ1) is 20.5. The number of hydrogen-bond donors (Lipinski definition) is 3. The molecule has 2 aromatic carbocycles. The number of hydrogen-bond acceptors (Lipinski definition) is 5. The second kappa shape index (κ2) is 7.85. The molecule has 0 aliphatic heterocycles. The average molecular weight is 413 g/mol. The summed E-state index contributed by atoms with van der Waals surface area (Å²) in [6.45, 7) is 2.56. The number of aryl methyl sites for hydroxylation is 1. The van der Waals surface area contributed by atoms with Crippen molar-refractivity contribution >= 4 is 39.2 Å². The molecule has 0 aromatic heterocycles. The topological polar surface area (TPSA) is 136 Å². The van der Waals surface area contributed by atoms with Crippen LogP contribution in [0.25, 0.3) is 0 Å². The van der Waals surface area contributed by atoms with Crippen molar-refractivity contribution in [2.75, 3.05) is 11.3 Å². The van der Waals surface area contributed by atoms with Crippen LogP contribution >= 0.6 is 11.6 Å². The predicted molar refractivity (Wildman–Crippen MR) is 99.8 cm³/mol. The molecule has 0 aliphatic carbocycles. The molecular formula is C17H17ClN2O6S. The fraction of sp³-hybridized carbons (Fsp3) is 0.176. The zero-order chi connectivity index (χ0) is 20.4. The summed E-state index contributed by atoms with van der Waals surface area (Å²) in [7, 11) is -4.10. The van der Waals surface area contributed by atoms with Crippen LogP contribution in [0.15, 0.2) is 35.2 Å². The van der Waals surface area contributed by atoms with Crippen LogP contribution in [0.1, 0.15) is 21.5 Å². The van der Waals surface area contributed by atoms with E-state index in [0.717, 1.165) is 0 Å². The zero-order valence-corrected chi connectivity index (χ0v) is 16.0. The summed E-state index contributed by atoms with van der Waals surface area (Å²) in [5, 5.41) is 8.85. The first-order valence-corrected chi connectivity index (χ1v) is 9.46. The molecular weight excluding hydrogens is 396 g/mol. The van der Waals surface area contributed by atoms with Gasteiger partial charge in [0.25, 0.3) is 10.0 Å². The van der Waals surface area contributed by atoms with Gasteiger partial charge < -0.3 is 15.6 Å². The summed E-state index contributed by atoms with van der Waals surface area (Å²) in [5.41, 5.74) is 6.10. The van der Waals surface area contributed by atoms with Gasteiger partial charge in [0.2, 0.25) is 5.91 Å². The molecule has 0 atom stereocenters. The second-order valence-corrected chi connectivity index (χ2v) is 7.74. The average Bonchev–Trinajstić information content (AvgIpc) is 2.55. The number of aliphatic carboxylic acids is 1. The number of amides is 1. The molecule has 0 spiro atoms. The lowest BCUT2D eigenvalue weighted by Crippen LogP contribution is -2.17. The number of carbonyl (C=O) groups excluding carboxylic acids is 1. The lowest BCUT2D eigenvalue weighted by molar-refractivity contribution is -0.139. The van der Waals surface area contributed by atoms with Crippen LogP contribution in [0.3, 0.4) is 0 Å². The largest absolute Gasteiger partial charge is 0.481 e. The van der Waals surface area contributed by atoms with Gasteiger partial charge in [-0.15, -0.1) is 0 Å². The zero-order valence-electron chi connectivity index (χ0n) is 14.4. The van der Waals surface area contributed by atoms with E-state index in [9.17, 15) is 18.0 Å². The monoisotopic (exact) mass is 412 g/mol. The molecule has 2 aromatic rings. The number of benzene rings is 2. The summed E-state index contributed by atoms with van der Waals surface area (Å²) in [5.74, 6) is -1.75. The number of carboxylic acid groups (broad SMARTS) is 1. The molecule has 2 rings (SSSR count). The number of anilines is 1. The Bertz CT molecular complexity index is 1020. The third-order valence-electron chi connectivity index (χ3n) is 3.68. The molecule has 0 unspecified atom stereocenters. The van der Waals surface area contributed by atoms with E-state index in [1.165, 1.54) is 37.3 Å². The molecule has 0 fully saturated rings. The maximum absolute atomic E-state index is 12.8. The van der Waals surface area contributed by atoms with Crippen LogP contribution in [0, 0.1) is 13.8 Å². The molecule has 10 heteroatoms. The Labute approximate surface area is 160 Å². The predicted octanol–water partition coefficient (Wildman–Crippen LogP) is 2.32. The third kappa shape index (κ3) is 4.69. The highest BCUT2D eigenvalue weighted by atomic mass is 35.5. The molecule has 0 heterocycles. The van der Waals surface area contributed by atoms with Gasteiger partial charge in [-0.1, -0.05) is 17.7 Å². The minimum Gasteiger partial charge on any atom is -0.481 e. The molecule has 144 valence electrons. The lowest BCUT2D eigenvalue weighted by atomic mass is 10.1. The number of ether oxygens (including phenoxy) is 1. The van der Waals surface area contributed by atoms with Crippen LogP contribution < -0.4 is 15.2 Å². The van der Waals surface area contributed by atoms with Gasteiger partial charge >= 0.3 is 5.97 Å². The highest BCUT2D eigenvalue weighted by molar-refractivity contribution is 7.92. The van der Waals surface area contributed by atoms with Gasteiger partial charge in [0.05, 0.1) is 15.6 Å². The molecule has 0 bridgehead atoms. The SMILES string of the molecule is Cc1ccc(S(=O)(=O)Nc2cc(C(N)=O)ccc2Cl)c(C)c1OCC(=O)O. The summed E-state index contributed by atoms with van der Waals surface area (Å²) in [6.07, 6.45) is 0. The Kier molecular flexibility index (Phi) is 5.97. The van der Waals surface area contributed by atoms with E-state index in [2.05, 4.69) is 4.72 Å². The normalized spacial score (nSPS) is 11.1. The first-order chi connectivity index (χ1) is 12.5. The summed E-state index contributed by atoms with van der Waals surface area (Å²) in [4.78, 5) is 21.9. The van der Waals surface area contributed by atoms with Crippen molar-refractivity contribution in [3.8, 4) is 5.75 Å². The van der Waals surface area contributed by atoms with Gasteiger partial charge in [0.15, 0.2) is 6.61 Å². The van der Waals surface area contributed by atoms with Crippen molar-refractivity contribution in [3.05, 3.63) is 52.0 Å². The molecule has 0 aliphatic rings. The molecule has 1 amide bonds. The van der Waals surface area contributed by atoms with Gasteiger partial charge in [0.1, 0.15) is 5.75 Å². The number of rotatable bonds is 7. The molecule has 4 N–H and O–H groups in total.